The highest BCUT2D eigenvalue weighted by Crippen LogP contribution is 2.30. The van der Waals surface area contributed by atoms with E-state index in [0.717, 1.165) is 32.1 Å². The first-order chi connectivity index (χ1) is 7.29. The first-order valence-corrected chi connectivity index (χ1v) is 6.26. The number of unbranched alkanes of at least 4 members (excludes halogenated alkanes) is 1. The Morgan fingerprint density at radius 3 is 2.67 bits per heavy atom. The molecule has 1 nitrogen and oxygen atoms in total. The summed E-state index contributed by atoms with van der Waals surface area (Å²) in [6.45, 7) is 2.16. The average Bonchev–Trinajstić information content (AvgIpc) is 2.76. The van der Waals surface area contributed by atoms with Crippen molar-refractivity contribution in [1.82, 2.24) is 0 Å². The highest BCUT2D eigenvalue weighted by Gasteiger charge is 2.28. The quantitative estimate of drug-likeness (QED) is 0.607. The Kier molecular flexibility index (Phi) is 5.47. The summed E-state index contributed by atoms with van der Waals surface area (Å²) < 4.78 is 0. The number of carbonyl (C=O) groups is 1. The van der Waals surface area contributed by atoms with Crippen molar-refractivity contribution in [2.24, 2.45) is 11.8 Å². The van der Waals surface area contributed by atoms with E-state index in [4.69, 9.17) is 6.42 Å². The maximum Gasteiger partial charge on any atom is 0.139 e. The van der Waals surface area contributed by atoms with Crippen LogP contribution in [0.25, 0.3) is 0 Å². The third kappa shape index (κ3) is 3.70. The van der Waals surface area contributed by atoms with Gasteiger partial charge in [0.1, 0.15) is 5.78 Å². The van der Waals surface area contributed by atoms with Gasteiger partial charge in [0.2, 0.25) is 0 Å². The van der Waals surface area contributed by atoms with Crippen molar-refractivity contribution in [3.05, 3.63) is 0 Å². The molecule has 1 heteroatoms. The minimum absolute atomic E-state index is 0.151. The molecule has 0 heterocycles. The fourth-order valence-electron chi connectivity index (χ4n) is 2.48. The molecule has 15 heavy (non-hydrogen) atoms. The fraction of sp³-hybridized carbons (Fsp3) is 0.786. The van der Waals surface area contributed by atoms with Gasteiger partial charge in [-0.15, -0.1) is 12.3 Å². The van der Waals surface area contributed by atoms with Crippen molar-refractivity contribution in [2.75, 3.05) is 0 Å². The monoisotopic (exact) mass is 206 g/mol. The zero-order chi connectivity index (χ0) is 11.1. The molecule has 1 atom stereocenters. The van der Waals surface area contributed by atoms with Crippen LogP contribution in [0.4, 0.5) is 0 Å². The smallest absolute Gasteiger partial charge is 0.139 e. The molecule has 1 saturated carbocycles. The Hall–Kier alpha value is -0.770. The van der Waals surface area contributed by atoms with Crippen molar-refractivity contribution in [1.29, 1.82) is 0 Å². The maximum atomic E-state index is 12.1. The largest absolute Gasteiger partial charge is 0.299 e. The summed E-state index contributed by atoms with van der Waals surface area (Å²) in [4.78, 5) is 12.1. The summed E-state index contributed by atoms with van der Waals surface area (Å²) in [6.07, 6.45) is 13.9. The molecular weight excluding hydrogens is 184 g/mol. The lowest BCUT2D eigenvalue weighted by molar-refractivity contribution is -0.126. The van der Waals surface area contributed by atoms with E-state index in [0.29, 0.717) is 18.1 Å². The average molecular weight is 206 g/mol. The molecule has 0 aliphatic heterocycles. The summed E-state index contributed by atoms with van der Waals surface area (Å²) in [5, 5.41) is 0. The molecule has 0 amide bonds. The second kappa shape index (κ2) is 6.67. The number of hydrogen-bond donors (Lipinski definition) is 0. The van der Waals surface area contributed by atoms with E-state index in [1.807, 2.05) is 0 Å². The third-order valence-electron chi connectivity index (χ3n) is 3.43. The van der Waals surface area contributed by atoms with Crippen LogP contribution < -0.4 is 0 Å². The van der Waals surface area contributed by atoms with Gasteiger partial charge < -0.3 is 0 Å². The van der Waals surface area contributed by atoms with Gasteiger partial charge in [-0.1, -0.05) is 32.6 Å². The Balaban J connectivity index is 2.46. The predicted octanol–water partition coefficient (Wildman–Crippen LogP) is 3.58. The molecule has 0 spiro atoms. The molecule has 0 bridgehead atoms. The Labute approximate surface area is 93.6 Å². The van der Waals surface area contributed by atoms with Crippen LogP contribution >= 0.6 is 0 Å². The summed E-state index contributed by atoms with van der Waals surface area (Å²) in [6, 6.07) is 0. The number of terminal acetylenes is 1. The van der Waals surface area contributed by atoms with Gasteiger partial charge in [-0.2, -0.15) is 0 Å². The van der Waals surface area contributed by atoms with E-state index in [2.05, 4.69) is 12.8 Å². The third-order valence-corrected chi connectivity index (χ3v) is 3.43. The van der Waals surface area contributed by atoms with Crippen LogP contribution in [0.2, 0.25) is 0 Å². The van der Waals surface area contributed by atoms with E-state index in [9.17, 15) is 4.79 Å². The molecule has 1 aliphatic carbocycles. The standard InChI is InChI=1S/C14H22O/c1-3-5-9-12(8-4-2)14(15)13-10-6-7-11-13/h2,12-13H,3,5-11H2,1H3. The zero-order valence-electron chi connectivity index (χ0n) is 9.80. The molecule has 0 radical (unpaired) electrons. The number of carbonyl (C=O) groups excluding carboxylic acids is 1. The Morgan fingerprint density at radius 2 is 2.13 bits per heavy atom. The Morgan fingerprint density at radius 1 is 1.47 bits per heavy atom. The van der Waals surface area contributed by atoms with Crippen molar-refractivity contribution in [2.45, 2.75) is 58.3 Å². The minimum atomic E-state index is 0.151. The molecule has 1 aliphatic rings. The molecular formula is C14H22O. The molecule has 1 rings (SSSR count). The van der Waals surface area contributed by atoms with Gasteiger partial charge in [0.15, 0.2) is 0 Å². The molecule has 84 valence electrons. The molecule has 0 aromatic heterocycles. The maximum absolute atomic E-state index is 12.1. The van der Waals surface area contributed by atoms with Gasteiger partial charge in [-0.3, -0.25) is 4.79 Å². The lowest BCUT2D eigenvalue weighted by atomic mass is 9.86. The second-order valence-electron chi connectivity index (χ2n) is 4.63. The van der Waals surface area contributed by atoms with Crippen LogP contribution in [0.5, 0.6) is 0 Å². The van der Waals surface area contributed by atoms with E-state index in [1.54, 1.807) is 0 Å². The van der Waals surface area contributed by atoms with Crippen molar-refractivity contribution >= 4 is 5.78 Å². The number of rotatable bonds is 6. The van der Waals surface area contributed by atoms with Gasteiger partial charge in [0.05, 0.1) is 0 Å². The molecule has 0 saturated heterocycles. The normalized spacial score (nSPS) is 18.7. The lowest BCUT2D eigenvalue weighted by Gasteiger charge is -2.16. The molecule has 0 aromatic carbocycles. The van der Waals surface area contributed by atoms with Crippen LogP contribution in [0, 0.1) is 24.2 Å². The summed E-state index contributed by atoms with van der Waals surface area (Å²) in [5.41, 5.74) is 0. The van der Waals surface area contributed by atoms with Crippen molar-refractivity contribution in [3.8, 4) is 12.3 Å². The van der Waals surface area contributed by atoms with Crippen LogP contribution in [-0.4, -0.2) is 5.78 Å². The first-order valence-electron chi connectivity index (χ1n) is 6.26. The van der Waals surface area contributed by atoms with E-state index in [1.165, 1.54) is 12.8 Å². The Bertz CT molecular complexity index is 230. The highest BCUT2D eigenvalue weighted by molar-refractivity contribution is 5.83. The molecule has 1 fully saturated rings. The van der Waals surface area contributed by atoms with Gasteiger partial charge in [0, 0.05) is 18.3 Å². The summed E-state index contributed by atoms with van der Waals surface area (Å²) >= 11 is 0. The van der Waals surface area contributed by atoms with Gasteiger partial charge in [0.25, 0.3) is 0 Å². The van der Waals surface area contributed by atoms with E-state index < -0.39 is 0 Å². The molecule has 0 N–H and O–H groups in total. The first kappa shape index (κ1) is 12.3. The predicted molar refractivity (Wildman–Crippen MR) is 63.4 cm³/mol. The second-order valence-corrected chi connectivity index (χ2v) is 4.63. The summed E-state index contributed by atoms with van der Waals surface area (Å²) in [7, 11) is 0. The van der Waals surface area contributed by atoms with E-state index >= 15 is 0 Å². The molecule has 1 unspecified atom stereocenters. The van der Waals surface area contributed by atoms with Gasteiger partial charge in [-0.05, 0) is 19.3 Å². The van der Waals surface area contributed by atoms with Crippen molar-refractivity contribution < 1.29 is 4.79 Å². The van der Waals surface area contributed by atoms with Gasteiger partial charge in [-0.25, -0.2) is 0 Å². The van der Waals surface area contributed by atoms with Crippen LogP contribution in [0.1, 0.15) is 58.3 Å². The SMILES string of the molecule is C#CCC(CCCC)C(=O)C1CCCC1. The highest BCUT2D eigenvalue weighted by atomic mass is 16.1. The topological polar surface area (TPSA) is 17.1 Å². The van der Waals surface area contributed by atoms with Gasteiger partial charge >= 0.3 is 0 Å². The van der Waals surface area contributed by atoms with Crippen LogP contribution in [0.3, 0.4) is 0 Å². The zero-order valence-corrected chi connectivity index (χ0v) is 9.80. The molecule has 0 aromatic rings. The minimum Gasteiger partial charge on any atom is -0.299 e. The fourth-order valence-corrected chi connectivity index (χ4v) is 2.48. The number of Topliss-reactive ketones (excluding diaryl/α,β-unsaturated/α-hetero) is 1. The van der Waals surface area contributed by atoms with E-state index in [-0.39, 0.29) is 5.92 Å². The number of ketones is 1. The van der Waals surface area contributed by atoms with Crippen LogP contribution in [0.15, 0.2) is 0 Å². The lowest BCUT2D eigenvalue weighted by Crippen LogP contribution is -2.21. The number of hydrogen-bond acceptors (Lipinski definition) is 1. The van der Waals surface area contributed by atoms with Crippen molar-refractivity contribution in [3.63, 3.8) is 0 Å². The van der Waals surface area contributed by atoms with Crippen LogP contribution in [-0.2, 0) is 4.79 Å². The summed E-state index contributed by atoms with van der Waals surface area (Å²) in [5.74, 6) is 3.60.